The number of nitrogens with one attached hydrogen (secondary N) is 1. The van der Waals surface area contributed by atoms with Gasteiger partial charge < -0.3 is 24.4 Å². The number of aromatic nitrogens is 2. The number of hydrogen-bond donors (Lipinski definition) is 2. The first-order valence-corrected chi connectivity index (χ1v) is 15.0. The molecule has 1 aromatic heterocycles. The molecule has 0 aliphatic rings. The lowest BCUT2D eigenvalue weighted by atomic mass is 9.90. The molecule has 1 heterocycles. The van der Waals surface area contributed by atoms with Gasteiger partial charge in [-0.25, -0.2) is 13.5 Å². The van der Waals surface area contributed by atoms with Crippen LogP contribution in [0.1, 0.15) is 47.2 Å². The molecule has 0 unspecified atom stereocenters. The van der Waals surface area contributed by atoms with E-state index in [-0.39, 0.29) is 47.9 Å². The average molecular weight is 825 g/mol. The lowest BCUT2D eigenvalue weighted by molar-refractivity contribution is -0.349. The van der Waals surface area contributed by atoms with Gasteiger partial charge in [-0.2, -0.15) is 57.8 Å². The molecule has 0 amide bonds. The summed E-state index contributed by atoms with van der Waals surface area (Å²) in [5, 5.41) is 3.88. The number of aryl methyl sites for hydroxylation is 4. The molecule has 0 fully saturated rings. The molecule has 0 saturated heterocycles. The van der Waals surface area contributed by atoms with Gasteiger partial charge in [-0.15, -0.1) is 0 Å². The van der Waals surface area contributed by atoms with E-state index in [1.807, 2.05) is 0 Å². The van der Waals surface area contributed by atoms with Gasteiger partial charge in [0.15, 0.2) is 12.6 Å². The number of hydrogen-bond acceptors (Lipinski definition) is 7. The normalized spacial score (nSPS) is 12.8. The third-order valence-electron chi connectivity index (χ3n) is 7.70. The minimum absolute atomic E-state index is 0. The van der Waals surface area contributed by atoms with Crippen LogP contribution in [-0.4, -0.2) is 75.5 Å². The van der Waals surface area contributed by atoms with Gasteiger partial charge in [-0.1, -0.05) is 31.7 Å². The molecule has 22 heteroatoms. The zero-order chi connectivity index (χ0) is 42.3. The number of alkyl halides is 14. The van der Waals surface area contributed by atoms with E-state index in [1.165, 1.54) is 50.8 Å². The highest BCUT2D eigenvalue weighted by atomic mass is 19.4. The highest BCUT2D eigenvalue weighted by Gasteiger charge is 2.74. The van der Waals surface area contributed by atoms with E-state index < -0.39 is 47.2 Å². The molecule has 0 saturated carbocycles. The predicted molar refractivity (Wildman–Crippen MR) is 174 cm³/mol. The summed E-state index contributed by atoms with van der Waals surface area (Å²) in [4.78, 5) is 0. The Kier molecular flexibility index (Phi) is 18.1. The molecule has 3 rings (SSSR count). The Balaban J connectivity index is 0.000000836. The molecule has 2 aromatic carbocycles. The first-order valence-electron chi connectivity index (χ1n) is 15.0. The maximum absolute atomic E-state index is 14.1. The monoisotopic (exact) mass is 824 g/mol. The van der Waals surface area contributed by atoms with E-state index in [0.29, 0.717) is 36.4 Å². The van der Waals surface area contributed by atoms with E-state index in [4.69, 9.17) is 24.8 Å². The Hall–Kier alpha value is -3.73. The second-order valence-corrected chi connectivity index (χ2v) is 11.4. The first-order chi connectivity index (χ1) is 24.5. The summed E-state index contributed by atoms with van der Waals surface area (Å²) in [6.07, 6.45) is -21.6. The van der Waals surface area contributed by atoms with Crippen molar-refractivity contribution in [3.63, 3.8) is 0 Å². The number of nitrogen functional groups attached to an aromatic ring is 1. The quantitative estimate of drug-likeness (QED) is 0.0911. The molecular weight excluding hydrogens is 782 g/mol. The van der Waals surface area contributed by atoms with Gasteiger partial charge in [0.1, 0.15) is 0 Å². The fourth-order valence-corrected chi connectivity index (χ4v) is 5.02. The highest BCUT2D eigenvalue weighted by molar-refractivity contribution is 5.58. The van der Waals surface area contributed by atoms with Crippen LogP contribution in [0.3, 0.4) is 0 Å². The summed E-state index contributed by atoms with van der Waals surface area (Å²) in [7, 11) is 6.32. The van der Waals surface area contributed by atoms with Crippen LogP contribution >= 0.6 is 0 Å². The lowest BCUT2D eigenvalue weighted by Gasteiger charge is -2.31. The number of ether oxygens (including phenoxy) is 4. The van der Waals surface area contributed by atoms with Gasteiger partial charge in [-0.3, -0.25) is 5.84 Å². The van der Waals surface area contributed by atoms with Crippen molar-refractivity contribution in [2.45, 2.75) is 90.2 Å². The van der Waals surface area contributed by atoms with Crippen LogP contribution in [0.2, 0.25) is 0 Å². The van der Waals surface area contributed by atoms with Gasteiger partial charge in [0.2, 0.25) is 0 Å². The number of methoxy groups -OCH3 is 4. The van der Waals surface area contributed by atoms with Crippen LogP contribution < -0.4 is 11.3 Å². The molecule has 3 N–H and O–H groups in total. The van der Waals surface area contributed by atoms with Crippen molar-refractivity contribution < 1.29 is 80.4 Å². The summed E-state index contributed by atoms with van der Waals surface area (Å²) in [5.74, 6) is 5.09. The number of rotatable bonds is 10. The number of nitrogens with two attached hydrogens (primary N) is 1. The Morgan fingerprint density at radius 2 is 0.909 bits per heavy atom. The average Bonchev–Trinajstić information content (AvgIpc) is 3.57. The van der Waals surface area contributed by atoms with Crippen LogP contribution in [0.25, 0.3) is 5.69 Å². The molecule has 0 aliphatic heterocycles. The largest absolute Gasteiger partial charge is 0.435 e. The summed E-state index contributed by atoms with van der Waals surface area (Å²) in [6, 6.07) is 3.58. The Morgan fingerprint density at radius 3 is 1.15 bits per heavy atom. The lowest BCUT2D eigenvalue weighted by Crippen LogP contribution is -2.50. The number of anilines is 1. The number of benzene rings is 2. The zero-order valence-corrected chi connectivity index (χ0v) is 29.8. The van der Waals surface area contributed by atoms with Crippen molar-refractivity contribution in [2.24, 2.45) is 5.84 Å². The van der Waals surface area contributed by atoms with E-state index in [9.17, 15) is 61.5 Å². The second kappa shape index (κ2) is 19.4. The van der Waals surface area contributed by atoms with Gasteiger partial charge in [0, 0.05) is 58.4 Å². The minimum Gasteiger partial charge on any atom is -0.356 e. The summed E-state index contributed by atoms with van der Waals surface area (Å²) < 4.78 is 201. The van der Waals surface area contributed by atoms with Gasteiger partial charge in [-0.05, 0) is 56.0 Å². The maximum atomic E-state index is 14.1. The standard InChI is InChI=1S/C14H11F7N2.C11H11F7N2.C7H16O4.CH4/c1-8-6-10(12(15,13(16,17)18)14(19,20)21)7-9(2)11(8)23-5-3-4-22-23;1-5-3-7(4-6(2)8(5)20-19)9(12,10(13,14)15)11(16,17)18;1-8-6(9-2)5-7(10-3)11-4;/h3-7H,1-2H3;3-4,20H,19H2,1-2H3;6-7H,5H2,1-4H3;1H4. The summed E-state index contributed by atoms with van der Waals surface area (Å²) in [5.41, 5.74) is -11.3. The van der Waals surface area contributed by atoms with Crippen LogP contribution in [0.4, 0.5) is 67.2 Å². The highest BCUT2D eigenvalue weighted by Crippen LogP contribution is 2.55. The SMILES string of the molecule is C.COC(CC(OC)OC)OC.Cc1cc(C(F)(C(F)(F)F)C(F)(F)F)cc(C)c1-n1cccn1.Cc1cc(C(F)(C(F)(F)F)C(F)(F)F)cc(C)c1NN. The van der Waals surface area contributed by atoms with Crippen LogP contribution in [0.15, 0.2) is 42.7 Å². The van der Waals surface area contributed by atoms with Gasteiger partial charge in [0.05, 0.1) is 11.4 Å². The predicted octanol–water partition coefficient (Wildman–Crippen LogP) is 9.91. The molecule has 0 bridgehead atoms. The topological polar surface area (TPSA) is 92.8 Å². The van der Waals surface area contributed by atoms with Gasteiger partial charge >= 0.3 is 36.0 Å². The van der Waals surface area contributed by atoms with Crippen molar-refractivity contribution >= 4 is 5.69 Å². The van der Waals surface area contributed by atoms with Crippen molar-refractivity contribution in [1.29, 1.82) is 0 Å². The molecular formula is C33H42F14N4O4. The zero-order valence-electron chi connectivity index (χ0n) is 29.8. The smallest absolute Gasteiger partial charge is 0.356 e. The van der Waals surface area contributed by atoms with Crippen molar-refractivity contribution in [3.8, 4) is 5.69 Å². The third-order valence-corrected chi connectivity index (χ3v) is 7.70. The van der Waals surface area contributed by atoms with Crippen LogP contribution in [-0.2, 0) is 30.3 Å². The number of nitrogens with zero attached hydrogens (tertiary/aromatic N) is 2. The van der Waals surface area contributed by atoms with E-state index in [0.717, 1.165) is 0 Å². The van der Waals surface area contributed by atoms with E-state index in [1.54, 1.807) is 28.4 Å². The molecule has 3 aromatic rings. The Morgan fingerprint density at radius 1 is 0.600 bits per heavy atom. The summed E-state index contributed by atoms with van der Waals surface area (Å²) >= 11 is 0. The van der Waals surface area contributed by atoms with Crippen molar-refractivity contribution in [1.82, 2.24) is 9.78 Å². The third kappa shape index (κ3) is 11.4. The molecule has 0 atom stereocenters. The van der Waals surface area contributed by atoms with Gasteiger partial charge in [0.25, 0.3) is 0 Å². The fourth-order valence-electron chi connectivity index (χ4n) is 5.02. The van der Waals surface area contributed by atoms with Crippen LogP contribution in [0.5, 0.6) is 0 Å². The molecule has 55 heavy (non-hydrogen) atoms. The van der Waals surface area contributed by atoms with Crippen molar-refractivity contribution in [2.75, 3.05) is 33.9 Å². The Bertz CT molecular complexity index is 1530. The van der Waals surface area contributed by atoms with E-state index >= 15 is 0 Å². The second-order valence-electron chi connectivity index (χ2n) is 11.4. The molecule has 0 radical (unpaired) electrons. The molecule has 0 aliphatic carbocycles. The van der Waals surface area contributed by atoms with Crippen molar-refractivity contribution in [3.05, 3.63) is 76.1 Å². The molecule has 8 nitrogen and oxygen atoms in total. The van der Waals surface area contributed by atoms with Crippen LogP contribution in [0, 0.1) is 27.7 Å². The molecule has 0 spiro atoms. The van der Waals surface area contributed by atoms with E-state index in [2.05, 4.69) is 10.5 Å². The maximum Gasteiger partial charge on any atom is 0.435 e. The molecule has 316 valence electrons. The minimum atomic E-state index is -6.13. The first kappa shape index (κ1) is 51.3. The Labute approximate surface area is 307 Å². The number of hydrazine groups is 1. The fraction of sp³-hybridized carbons (Fsp3) is 0.545. The summed E-state index contributed by atoms with van der Waals surface area (Å²) in [6.45, 7) is 5.03. The number of halogens is 14.